The number of benzene rings is 1. The number of nitrogens with zero attached hydrogens (tertiary/aromatic N) is 3. The second-order valence-electron chi connectivity index (χ2n) is 9.36. The quantitative estimate of drug-likeness (QED) is 0.292. The number of hydrogen-bond acceptors (Lipinski definition) is 7. The molecule has 0 saturated heterocycles. The third kappa shape index (κ3) is 4.04. The third-order valence-corrected chi connectivity index (χ3v) is 7.89. The number of nitrogen functional groups attached to an aromatic ring is 2. The first-order valence-electron chi connectivity index (χ1n) is 11.3. The number of aliphatic hydroxyl groups excluding tert-OH is 2. The molecule has 4 atom stereocenters. The van der Waals surface area contributed by atoms with Crippen LogP contribution in [0.25, 0.3) is 21.8 Å². The maximum Gasteiger partial charge on any atom is 0.165 e. The monoisotopic (exact) mass is 543 g/mol. The summed E-state index contributed by atoms with van der Waals surface area (Å²) in [6.07, 6.45) is 2.19. The number of methoxy groups -OCH3 is 1. The van der Waals surface area contributed by atoms with Gasteiger partial charge in [-0.1, -0.05) is 12.1 Å². The van der Waals surface area contributed by atoms with Crippen molar-refractivity contribution < 1.29 is 19.3 Å². The van der Waals surface area contributed by atoms with Gasteiger partial charge in [0.1, 0.15) is 17.7 Å². The summed E-state index contributed by atoms with van der Waals surface area (Å²) >= 11 is 3.40. The summed E-state index contributed by atoms with van der Waals surface area (Å²) in [4.78, 5) is 8.32. The van der Waals surface area contributed by atoms with E-state index >= 15 is 0 Å². The fourth-order valence-electron chi connectivity index (χ4n) is 5.44. The standard InChI is InChI=1S/C25H27BrFN5O3/c1-35-12-25(6-4-13-2-3-14-9-16(26)24(29)31-18(14)8-13)10-19(21(33)22(25)34)32-7-5-15-20(32)17(27)11-30-23(15)28/h2-3,5,7-9,11,19,21-22,33-34H,4,6,10,12H2,1H3,(H2,28,30)(H2,29,31)/t19-,21+,22+,25+/m1/s1. The normalized spacial score (nSPS) is 24.5. The Hall–Kier alpha value is -2.79. The number of nitrogens with two attached hydrogens (primary N) is 2. The molecule has 0 aliphatic heterocycles. The zero-order valence-electron chi connectivity index (χ0n) is 19.2. The van der Waals surface area contributed by atoms with Crippen LogP contribution in [0.3, 0.4) is 0 Å². The van der Waals surface area contributed by atoms with Crippen LogP contribution >= 0.6 is 15.9 Å². The molecule has 1 aliphatic rings. The Morgan fingerprint density at radius 2 is 2.03 bits per heavy atom. The fraction of sp³-hybridized carbons (Fsp3) is 0.360. The molecule has 0 unspecified atom stereocenters. The molecule has 0 amide bonds. The highest BCUT2D eigenvalue weighted by Gasteiger charge is 2.53. The van der Waals surface area contributed by atoms with Crippen molar-refractivity contribution >= 4 is 49.4 Å². The van der Waals surface area contributed by atoms with Gasteiger partial charge in [0.15, 0.2) is 5.82 Å². The lowest BCUT2D eigenvalue weighted by Gasteiger charge is -2.32. The van der Waals surface area contributed by atoms with E-state index in [1.807, 2.05) is 24.3 Å². The van der Waals surface area contributed by atoms with E-state index in [9.17, 15) is 14.6 Å². The molecule has 1 fully saturated rings. The van der Waals surface area contributed by atoms with E-state index in [1.165, 1.54) is 0 Å². The van der Waals surface area contributed by atoms with Crippen LogP contribution < -0.4 is 11.5 Å². The average molecular weight is 544 g/mol. The van der Waals surface area contributed by atoms with Crippen LogP contribution in [0, 0.1) is 11.2 Å². The highest BCUT2D eigenvalue weighted by molar-refractivity contribution is 9.10. The number of aryl methyl sites for hydroxylation is 1. The minimum Gasteiger partial charge on any atom is -0.390 e. The predicted molar refractivity (Wildman–Crippen MR) is 136 cm³/mol. The first-order valence-corrected chi connectivity index (χ1v) is 12.1. The smallest absolute Gasteiger partial charge is 0.165 e. The number of rotatable bonds is 6. The van der Waals surface area contributed by atoms with Gasteiger partial charge < -0.3 is 31.0 Å². The van der Waals surface area contributed by atoms with E-state index in [2.05, 4.69) is 25.9 Å². The number of fused-ring (bicyclic) bond motifs is 2. The van der Waals surface area contributed by atoms with Crippen molar-refractivity contribution in [1.82, 2.24) is 14.5 Å². The Labute approximate surface area is 209 Å². The summed E-state index contributed by atoms with van der Waals surface area (Å²) in [6, 6.07) is 9.05. The number of pyridine rings is 2. The van der Waals surface area contributed by atoms with Crippen molar-refractivity contribution in [1.29, 1.82) is 0 Å². The minimum absolute atomic E-state index is 0.217. The Morgan fingerprint density at radius 1 is 1.23 bits per heavy atom. The van der Waals surface area contributed by atoms with Crippen LogP contribution in [-0.2, 0) is 11.2 Å². The molecule has 1 aromatic carbocycles. The molecule has 3 heterocycles. The lowest BCUT2D eigenvalue weighted by Crippen LogP contribution is -2.40. The van der Waals surface area contributed by atoms with E-state index in [0.29, 0.717) is 30.5 Å². The highest BCUT2D eigenvalue weighted by Crippen LogP contribution is 2.49. The number of ether oxygens (including phenoxy) is 1. The Kier molecular flexibility index (Phi) is 6.16. The molecule has 184 valence electrons. The van der Waals surface area contributed by atoms with Gasteiger partial charge >= 0.3 is 0 Å². The lowest BCUT2D eigenvalue weighted by molar-refractivity contribution is -0.0598. The average Bonchev–Trinajstić information content (AvgIpc) is 3.38. The molecule has 1 saturated carbocycles. The van der Waals surface area contributed by atoms with Crippen molar-refractivity contribution in [2.45, 2.75) is 37.5 Å². The maximum atomic E-state index is 14.7. The molecular formula is C25H27BrFN5O3. The van der Waals surface area contributed by atoms with E-state index in [1.54, 1.807) is 23.9 Å². The number of halogens is 2. The molecule has 0 radical (unpaired) electrons. The van der Waals surface area contributed by atoms with Crippen LogP contribution in [0.2, 0.25) is 0 Å². The van der Waals surface area contributed by atoms with E-state index in [-0.39, 0.29) is 17.9 Å². The summed E-state index contributed by atoms with van der Waals surface area (Å²) in [5.41, 5.74) is 13.2. The molecule has 8 nitrogen and oxygen atoms in total. The topological polar surface area (TPSA) is 132 Å². The zero-order valence-corrected chi connectivity index (χ0v) is 20.7. The largest absolute Gasteiger partial charge is 0.390 e. The molecule has 10 heteroatoms. The Bertz CT molecular complexity index is 1410. The summed E-state index contributed by atoms with van der Waals surface area (Å²) < 4.78 is 22.6. The minimum atomic E-state index is -1.11. The molecule has 5 rings (SSSR count). The van der Waals surface area contributed by atoms with E-state index in [0.717, 1.165) is 27.1 Å². The van der Waals surface area contributed by atoms with Crippen LogP contribution in [0.4, 0.5) is 16.0 Å². The first-order chi connectivity index (χ1) is 16.7. The van der Waals surface area contributed by atoms with Gasteiger partial charge in [-0.3, -0.25) is 0 Å². The third-order valence-electron chi connectivity index (χ3n) is 7.26. The zero-order chi connectivity index (χ0) is 24.9. The predicted octanol–water partition coefficient (Wildman–Crippen LogP) is 3.58. The van der Waals surface area contributed by atoms with Gasteiger partial charge in [-0.2, -0.15) is 0 Å². The first kappa shape index (κ1) is 23.9. The molecular weight excluding hydrogens is 517 g/mol. The summed E-state index contributed by atoms with van der Waals surface area (Å²) in [5.74, 6) is 0.110. The van der Waals surface area contributed by atoms with Gasteiger partial charge in [0.05, 0.1) is 40.5 Å². The van der Waals surface area contributed by atoms with Crippen LogP contribution in [0.1, 0.15) is 24.4 Å². The Morgan fingerprint density at radius 3 is 2.80 bits per heavy atom. The van der Waals surface area contributed by atoms with Crippen molar-refractivity contribution in [2.24, 2.45) is 5.41 Å². The molecule has 4 aromatic rings. The second kappa shape index (κ2) is 9.02. The summed E-state index contributed by atoms with van der Waals surface area (Å²) in [5, 5.41) is 23.7. The van der Waals surface area contributed by atoms with Gasteiger partial charge in [0.25, 0.3) is 0 Å². The van der Waals surface area contributed by atoms with Crippen LogP contribution in [0.5, 0.6) is 0 Å². The van der Waals surface area contributed by atoms with Gasteiger partial charge in [-0.15, -0.1) is 0 Å². The van der Waals surface area contributed by atoms with Gasteiger partial charge in [-0.05, 0) is 59.0 Å². The van der Waals surface area contributed by atoms with Crippen LogP contribution in [-0.4, -0.2) is 50.7 Å². The SMILES string of the molecule is COC[C@]1(CCc2ccc3cc(Br)c(N)nc3c2)C[C@@H](n2ccc3c(N)ncc(F)c32)[C@H](O)[C@@H]1O. The fourth-order valence-corrected chi connectivity index (χ4v) is 5.77. The van der Waals surface area contributed by atoms with Crippen molar-refractivity contribution in [2.75, 3.05) is 25.2 Å². The van der Waals surface area contributed by atoms with Gasteiger partial charge in [0.2, 0.25) is 0 Å². The van der Waals surface area contributed by atoms with E-state index < -0.39 is 29.5 Å². The van der Waals surface area contributed by atoms with Gasteiger partial charge in [0, 0.05) is 29.5 Å². The Balaban J connectivity index is 1.45. The van der Waals surface area contributed by atoms with Crippen molar-refractivity contribution in [3.05, 3.63) is 58.6 Å². The van der Waals surface area contributed by atoms with Crippen LogP contribution in [0.15, 0.2) is 47.2 Å². The molecule has 6 N–H and O–H groups in total. The molecule has 1 aliphatic carbocycles. The number of hydrogen-bond donors (Lipinski definition) is 4. The summed E-state index contributed by atoms with van der Waals surface area (Å²) in [7, 11) is 1.58. The molecule has 0 bridgehead atoms. The maximum absolute atomic E-state index is 14.7. The highest BCUT2D eigenvalue weighted by atomic mass is 79.9. The van der Waals surface area contributed by atoms with Gasteiger partial charge in [-0.25, -0.2) is 14.4 Å². The molecule has 0 spiro atoms. The van der Waals surface area contributed by atoms with E-state index in [4.69, 9.17) is 16.2 Å². The number of aliphatic hydroxyl groups is 2. The van der Waals surface area contributed by atoms with Crippen molar-refractivity contribution in [3.63, 3.8) is 0 Å². The molecule has 3 aromatic heterocycles. The lowest BCUT2D eigenvalue weighted by atomic mass is 9.79. The number of aromatic nitrogens is 3. The number of anilines is 2. The van der Waals surface area contributed by atoms with Crippen molar-refractivity contribution in [3.8, 4) is 0 Å². The second-order valence-corrected chi connectivity index (χ2v) is 10.2. The molecule has 35 heavy (non-hydrogen) atoms. The summed E-state index contributed by atoms with van der Waals surface area (Å²) in [6.45, 7) is 0.249.